The van der Waals surface area contributed by atoms with Gasteiger partial charge in [0.1, 0.15) is 11.6 Å². The van der Waals surface area contributed by atoms with E-state index < -0.39 is 5.82 Å². The Morgan fingerprint density at radius 1 is 1.50 bits per heavy atom. The van der Waals surface area contributed by atoms with Crippen LogP contribution in [0.5, 0.6) is 5.75 Å². The average molecular weight is 225 g/mol. The van der Waals surface area contributed by atoms with Gasteiger partial charge in [0.05, 0.1) is 7.11 Å². The van der Waals surface area contributed by atoms with E-state index in [0.717, 1.165) is 5.56 Å². The summed E-state index contributed by atoms with van der Waals surface area (Å²) in [5.41, 5.74) is 6.44. The first-order valence-electron chi connectivity index (χ1n) is 5.23. The summed E-state index contributed by atoms with van der Waals surface area (Å²) in [4.78, 5) is 11.7. The van der Waals surface area contributed by atoms with Crippen LogP contribution in [0, 0.1) is 5.82 Å². The van der Waals surface area contributed by atoms with E-state index >= 15 is 0 Å². The van der Waals surface area contributed by atoms with Crippen molar-refractivity contribution in [1.82, 2.24) is 0 Å². The van der Waals surface area contributed by atoms with Crippen molar-refractivity contribution in [3.8, 4) is 5.75 Å². The highest BCUT2D eigenvalue weighted by Crippen LogP contribution is 2.25. The van der Waals surface area contributed by atoms with E-state index in [2.05, 4.69) is 0 Å². The molecule has 1 aromatic rings. The molecule has 0 aliphatic carbocycles. The fourth-order valence-corrected chi connectivity index (χ4v) is 1.67. The van der Waals surface area contributed by atoms with E-state index in [0.29, 0.717) is 17.7 Å². The lowest BCUT2D eigenvalue weighted by Gasteiger charge is -2.11. The molecular weight excluding hydrogens is 209 g/mol. The van der Waals surface area contributed by atoms with Gasteiger partial charge in [-0.05, 0) is 19.0 Å². The standard InChI is InChI=1S/C12H16FNO2/c1-3-9-10(11(15)4-5-14)6-8(13)7-12(9)16-2/h6-7H,3-5,14H2,1-2H3. The second-order valence-electron chi connectivity index (χ2n) is 3.45. The van der Waals surface area contributed by atoms with Crippen LogP contribution >= 0.6 is 0 Å². The smallest absolute Gasteiger partial charge is 0.164 e. The Labute approximate surface area is 94.4 Å². The Hall–Kier alpha value is -1.42. The summed E-state index contributed by atoms with van der Waals surface area (Å²) >= 11 is 0. The average Bonchev–Trinajstić information content (AvgIpc) is 2.28. The van der Waals surface area contributed by atoms with Gasteiger partial charge in [0.2, 0.25) is 0 Å². The van der Waals surface area contributed by atoms with E-state index in [4.69, 9.17) is 10.5 Å². The van der Waals surface area contributed by atoms with Crippen molar-refractivity contribution in [1.29, 1.82) is 0 Å². The summed E-state index contributed by atoms with van der Waals surface area (Å²) in [6.07, 6.45) is 0.842. The molecule has 3 nitrogen and oxygen atoms in total. The molecule has 0 aliphatic rings. The number of ketones is 1. The van der Waals surface area contributed by atoms with Gasteiger partial charge in [0.25, 0.3) is 0 Å². The number of nitrogens with two attached hydrogens (primary N) is 1. The molecule has 0 amide bonds. The zero-order chi connectivity index (χ0) is 12.1. The lowest BCUT2D eigenvalue weighted by molar-refractivity contribution is 0.0983. The Morgan fingerprint density at radius 2 is 2.19 bits per heavy atom. The number of methoxy groups -OCH3 is 1. The third-order valence-corrected chi connectivity index (χ3v) is 2.42. The number of halogens is 1. The topological polar surface area (TPSA) is 52.3 Å². The van der Waals surface area contributed by atoms with Gasteiger partial charge in [0, 0.05) is 23.6 Å². The third-order valence-electron chi connectivity index (χ3n) is 2.42. The van der Waals surface area contributed by atoms with Crippen LogP contribution in [-0.4, -0.2) is 19.4 Å². The van der Waals surface area contributed by atoms with Crippen molar-refractivity contribution in [2.24, 2.45) is 5.73 Å². The molecule has 0 unspecified atom stereocenters. The molecule has 16 heavy (non-hydrogen) atoms. The van der Waals surface area contributed by atoms with Gasteiger partial charge >= 0.3 is 0 Å². The summed E-state index contributed by atoms with van der Waals surface area (Å²) in [5, 5.41) is 0. The summed E-state index contributed by atoms with van der Waals surface area (Å²) in [6.45, 7) is 2.16. The molecule has 2 N–H and O–H groups in total. The second-order valence-corrected chi connectivity index (χ2v) is 3.45. The van der Waals surface area contributed by atoms with Crippen LogP contribution in [0.1, 0.15) is 29.3 Å². The van der Waals surface area contributed by atoms with Crippen LogP contribution < -0.4 is 10.5 Å². The Balaban J connectivity index is 3.24. The lowest BCUT2D eigenvalue weighted by atomic mass is 9.98. The maximum atomic E-state index is 13.3. The zero-order valence-corrected chi connectivity index (χ0v) is 9.55. The van der Waals surface area contributed by atoms with E-state index in [1.54, 1.807) is 0 Å². The quantitative estimate of drug-likeness (QED) is 0.779. The Bertz CT molecular complexity index is 391. The van der Waals surface area contributed by atoms with Gasteiger partial charge in [-0.1, -0.05) is 6.92 Å². The largest absolute Gasteiger partial charge is 0.496 e. The summed E-state index contributed by atoms with van der Waals surface area (Å²) in [6, 6.07) is 2.54. The van der Waals surface area contributed by atoms with Crippen molar-refractivity contribution in [3.05, 3.63) is 29.1 Å². The highest BCUT2D eigenvalue weighted by atomic mass is 19.1. The number of Topliss-reactive ketones (excluding diaryl/α,β-unsaturated/α-hetero) is 1. The number of rotatable bonds is 5. The van der Waals surface area contributed by atoms with Gasteiger partial charge in [-0.3, -0.25) is 4.79 Å². The predicted octanol–water partition coefficient (Wildman–Crippen LogP) is 1.93. The summed E-state index contributed by atoms with van der Waals surface area (Å²) in [5.74, 6) is -0.186. The van der Waals surface area contributed by atoms with Crippen LogP contribution in [0.25, 0.3) is 0 Å². The fraction of sp³-hybridized carbons (Fsp3) is 0.417. The molecule has 0 radical (unpaired) electrons. The number of hydrogen-bond donors (Lipinski definition) is 1. The predicted molar refractivity (Wildman–Crippen MR) is 60.3 cm³/mol. The molecule has 0 heterocycles. The molecule has 1 aromatic carbocycles. The number of ether oxygens (including phenoxy) is 1. The van der Waals surface area contributed by atoms with Crippen molar-refractivity contribution in [3.63, 3.8) is 0 Å². The van der Waals surface area contributed by atoms with Gasteiger partial charge < -0.3 is 10.5 Å². The monoisotopic (exact) mass is 225 g/mol. The molecule has 1 rings (SSSR count). The second kappa shape index (κ2) is 5.61. The van der Waals surface area contributed by atoms with Crippen molar-refractivity contribution < 1.29 is 13.9 Å². The normalized spacial score (nSPS) is 10.2. The van der Waals surface area contributed by atoms with E-state index in [1.807, 2.05) is 6.92 Å². The minimum Gasteiger partial charge on any atom is -0.496 e. The SMILES string of the molecule is CCc1c(OC)cc(F)cc1C(=O)CCN. The minimum absolute atomic E-state index is 0.142. The maximum Gasteiger partial charge on any atom is 0.164 e. The molecule has 0 aliphatic heterocycles. The molecule has 88 valence electrons. The molecule has 0 bridgehead atoms. The van der Waals surface area contributed by atoms with Crippen molar-refractivity contribution in [2.75, 3.05) is 13.7 Å². The van der Waals surface area contributed by atoms with Crippen LogP contribution in [-0.2, 0) is 6.42 Å². The van der Waals surface area contributed by atoms with E-state index in [9.17, 15) is 9.18 Å². The van der Waals surface area contributed by atoms with Crippen LogP contribution in [0.15, 0.2) is 12.1 Å². The highest BCUT2D eigenvalue weighted by molar-refractivity contribution is 5.98. The number of benzene rings is 1. The molecule has 0 saturated heterocycles. The molecule has 0 saturated carbocycles. The Kier molecular flexibility index (Phi) is 4.43. The first kappa shape index (κ1) is 12.6. The molecule has 0 atom stereocenters. The minimum atomic E-state index is -0.463. The van der Waals surface area contributed by atoms with Crippen LogP contribution in [0.2, 0.25) is 0 Å². The first-order chi connectivity index (χ1) is 7.63. The highest BCUT2D eigenvalue weighted by Gasteiger charge is 2.15. The van der Waals surface area contributed by atoms with Crippen LogP contribution in [0.3, 0.4) is 0 Å². The van der Waals surface area contributed by atoms with Gasteiger partial charge in [0.15, 0.2) is 5.78 Å². The number of hydrogen-bond acceptors (Lipinski definition) is 3. The summed E-state index contributed by atoms with van der Waals surface area (Å²) in [7, 11) is 1.46. The van der Waals surface area contributed by atoms with Gasteiger partial charge in [-0.2, -0.15) is 0 Å². The van der Waals surface area contributed by atoms with E-state index in [-0.39, 0.29) is 18.7 Å². The molecule has 4 heteroatoms. The molecule has 0 spiro atoms. The fourth-order valence-electron chi connectivity index (χ4n) is 1.67. The summed E-state index contributed by atoms with van der Waals surface area (Å²) < 4.78 is 18.3. The molecular formula is C12H16FNO2. The van der Waals surface area contributed by atoms with Crippen LogP contribution in [0.4, 0.5) is 4.39 Å². The van der Waals surface area contributed by atoms with E-state index in [1.165, 1.54) is 19.2 Å². The zero-order valence-electron chi connectivity index (χ0n) is 9.55. The van der Waals surface area contributed by atoms with Gasteiger partial charge in [-0.25, -0.2) is 4.39 Å². The third kappa shape index (κ3) is 2.58. The first-order valence-corrected chi connectivity index (χ1v) is 5.23. The van der Waals surface area contributed by atoms with Crippen molar-refractivity contribution in [2.45, 2.75) is 19.8 Å². The Morgan fingerprint density at radius 3 is 2.69 bits per heavy atom. The maximum absolute atomic E-state index is 13.3. The number of carbonyl (C=O) groups is 1. The molecule has 0 aromatic heterocycles. The van der Waals surface area contributed by atoms with Crippen molar-refractivity contribution >= 4 is 5.78 Å². The molecule has 0 fully saturated rings. The lowest BCUT2D eigenvalue weighted by Crippen LogP contribution is -2.11. The number of carbonyl (C=O) groups excluding carboxylic acids is 1. The van der Waals surface area contributed by atoms with Gasteiger partial charge in [-0.15, -0.1) is 0 Å².